The lowest BCUT2D eigenvalue weighted by atomic mass is 10.1. The molecule has 2 heterocycles. The van der Waals surface area contributed by atoms with E-state index in [0.29, 0.717) is 11.8 Å². The third-order valence-corrected chi connectivity index (χ3v) is 4.30. The summed E-state index contributed by atoms with van der Waals surface area (Å²) in [6.07, 6.45) is 3.88. The largest absolute Gasteiger partial charge is 0.323 e. The Morgan fingerprint density at radius 3 is 2.54 bits per heavy atom. The molecule has 0 unspecified atom stereocenters. The topological polar surface area (TPSA) is 58.4 Å². The summed E-state index contributed by atoms with van der Waals surface area (Å²) in [5.74, 6) is -1.55. The first kappa shape index (κ1) is 17.7. The van der Waals surface area contributed by atoms with Crippen LogP contribution in [0.5, 0.6) is 0 Å². The average molecular weight is 378 g/mol. The Labute approximate surface area is 159 Å². The first-order valence-corrected chi connectivity index (χ1v) is 8.57. The van der Waals surface area contributed by atoms with E-state index in [1.807, 2.05) is 48.0 Å². The van der Waals surface area contributed by atoms with Crippen molar-refractivity contribution in [1.82, 2.24) is 9.38 Å². The van der Waals surface area contributed by atoms with E-state index < -0.39 is 17.7 Å². The van der Waals surface area contributed by atoms with Crippen LogP contribution in [-0.2, 0) is 0 Å². The van der Waals surface area contributed by atoms with Crippen molar-refractivity contribution >= 4 is 23.1 Å². The Morgan fingerprint density at radius 2 is 1.82 bits per heavy atom. The molecule has 5 nitrogen and oxygen atoms in total. The molecule has 2 N–H and O–H groups in total. The third kappa shape index (κ3) is 3.55. The van der Waals surface area contributed by atoms with Gasteiger partial charge in [-0.3, -0.25) is 0 Å². The van der Waals surface area contributed by atoms with E-state index in [0.717, 1.165) is 28.5 Å². The maximum absolute atomic E-state index is 13.6. The van der Waals surface area contributed by atoms with Crippen LogP contribution < -0.4 is 10.6 Å². The summed E-state index contributed by atoms with van der Waals surface area (Å²) in [5, 5.41) is 4.96. The van der Waals surface area contributed by atoms with E-state index >= 15 is 0 Å². The molecule has 0 atom stereocenters. The highest BCUT2D eigenvalue weighted by molar-refractivity contribution is 5.99. The second kappa shape index (κ2) is 7.11. The minimum absolute atomic E-state index is 0.101. The molecule has 0 aliphatic carbocycles. The number of hydrogen-bond acceptors (Lipinski definition) is 2. The number of rotatable bonds is 3. The van der Waals surface area contributed by atoms with Gasteiger partial charge in [0, 0.05) is 29.7 Å². The maximum atomic E-state index is 13.6. The second-order valence-corrected chi connectivity index (χ2v) is 6.33. The molecule has 28 heavy (non-hydrogen) atoms. The number of carbonyl (C=O) groups is 1. The smallest absolute Gasteiger partial charge is 0.308 e. The molecular formula is C21H16F2N4O. The molecule has 2 amide bonds. The number of hydrogen-bond donors (Lipinski definition) is 2. The van der Waals surface area contributed by atoms with Gasteiger partial charge in [0.25, 0.3) is 0 Å². The van der Waals surface area contributed by atoms with E-state index in [1.54, 1.807) is 12.1 Å². The van der Waals surface area contributed by atoms with Crippen molar-refractivity contribution in [1.29, 1.82) is 0 Å². The quantitative estimate of drug-likeness (QED) is 0.513. The number of imidazole rings is 1. The Kier molecular flexibility index (Phi) is 4.49. The molecule has 0 radical (unpaired) electrons. The number of nitrogens with one attached hydrogen (secondary N) is 2. The normalized spacial score (nSPS) is 10.8. The van der Waals surface area contributed by atoms with Crippen LogP contribution in [0.25, 0.3) is 16.9 Å². The highest BCUT2D eigenvalue weighted by Crippen LogP contribution is 2.23. The van der Waals surface area contributed by atoms with E-state index in [1.165, 1.54) is 6.07 Å². The van der Waals surface area contributed by atoms with E-state index in [9.17, 15) is 13.6 Å². The van der Waals surface area contributed by atoms with Crippen molar-refractivity contribution in [3.8, 4) is 11.3 Å². The lowest BCUT2D eigenvalue weighted by Crippen LogP contribution is -2.20. The third-order valence-electron chi connectivity index (χ3n) is 4.30. The predicted molar refractivity (Wildman–Crippen MR) is 104 cm³/mol. The van der Waals surface area contributed by atoms with Gasteiger partial charge in [-0.25, -0.2) is 18.6 Å². The Balaban J connectivity index is 1.48. The van der Waals surface area contributed by atoms with Gasteiger partial charge in [-0.2, -0.15) is 0 Å². The fraction of sp³-hybridized carbons (Fsp3) is 0.0476. The number of aryl methyl sites for hydroxylation is 1. The molecular weight excluding hydrogens is 362 g/mol. The number of benzene rings is 2. The molecule has 0 aliphatic heterocycles. The van der Waals surface area contributed by atoms with E-state index in [2.05, 4.69) is 15.6 Å². The average Bonchev–Trinajstić information content (AvgIpc) is 3.10. The van der Waals surface area contributed by atoms with Crippen LogP contribution in [0.15, 0.2) is 67.0 Å². The number of urea groups is 1. The number of fused-ring (bicyclic) bond motifs is 1. The molecule has 0 saturated heterocycles. The summed E-state index contributed by atoms with van der Waals surface area (Å²) in [5.41, 5.74) is 4.12. The zero-order valence-corrected chi connectivity index (χ0v) is 14.9. The summed E-state index contributed by atoms with van der Waals surface area (Å²) in [4.78, 5) is 16.7. The van der Waals surface area contributed by atoms with Crippen molar-refractivity contribution in [3.63, 3.8) is 0 Å². The highest BCUT2D eigenvalue weighted by atomic mass is 19.1. The van der Waals surface area contributed by atoms with Crippen LogP contribution in [-0.4, -0.2) is 15.4 Å². The molecule has 0 fully saturated rings. The van der Waals surface area contributed by atoms with Gasteiger partial charge in [0.1, 0.15) is 17.3 Å². The number of carbonyl (C=O) groups excluding carboxylic acids is 1. The number of nitrogens with zero attached hydrogens (tertiary/aromatic N) is 2. The van der Waals surface area contributed by atoms with Crippen LogP contribution in [0.1, 0.15) is 5.56 Å². The van der Waals surface area contributed by atoms with Gasteiger partial charge in [0.15, 0.2) is 0 Å². The molecule has 7 heteroatoms. The number of amides is 2. The first-order chi connectivity index (χ1) is 13.5. The van der Waals surface area contributed by atoms with E-state index in [-0.39, 0.29) is 5.69 Å². The predicted octanol–water partition coefficient (Wildman–Crippen LogP) is 5.23. The number of anilines is 2. The Hall–Kier alpha value is -3.74. The maximum Gasteiger partial charge on any atom is 0.323 e. The molecule has 4 rings (SSSR count). The molecule has 0 saturated carbocycles. The van der Waals surface area contributed by atoms with Crippen molar-refractivity contribution in [2.24, 2.45) is 0 Å². The lowest BCUT2D eigenvalue weighted by molar-refractivity contribution is 0.262. The molecule has 140 valence electrons. The van der Waals surface area contributed by atoms with Crippen molar-refractivity contribution in [3.05, 3.63) is 84.2 Å². The molecule has 4 aromatic rings. The SMILES string of the molecule is Cc1cccn2cc(-c3ccc(NC(=O)Nc4ccc(F)cc4F)cc3)nc12. The van der Waals surface area contributed by atoms with E-state index in [4.69, 9.17) is 0 Å². The lowest BCUT2D eigenvalue weighted by Gasteiger charge is -2.09. The summed E-state index contributed by atoms with van der Waals surface area (Å²) in [6.45, 7) is 2.00. The van der Waals surface area contributed by atoms with Crippen LogP contribution >= 0.6 is 0 Å². The van der Waals surface area contributed by atoms with Gasteiger partial charge in [-0.1, -0.05) is 18.2 Å². The minimum Gasteiger partial charge on any atom is -0.308 e. The van der Waals surface area contributed by atoms with Gasteiger partial charge in [0.05, 0.1) is 11.4 Å². The summed E-state index contributed by atoms with van der Waals surface area (Å²) < 4.78 is 28.5. The monoisotopic (exact) mass is 378 g/mol. The summed E-state index contributed by atoms with van der Waals surface area (Å²) in [7, 11) is 0. The molecule has 2 aromatic heterocycles. The molecule has 0 aliphatic rings. The molecule has 2 aromatic carbocycles. The van der Waals surface area contributed by atoms with Gasteiger partial charge >= 0.3 is 6.03 Å². The van der Waals surface area contributed by atoms with Crippen LogP contribution in [0, 0.1) is 18.6 Å². The van der Waals surface area contributed by atoms with Crippen molar-refractivity contribution < 1.29 is 13.6 Å². The van der Waals surface area contributed by atoms with Gasteiger partial charge in [0.2, 0.25) is 0 Å². The van der Waals surface area contributed by atoms with Crippen LogP contribution in [0.3, 0.4) is 0 Å². The standard InChI is InChI=1S/C21H16F2N4O/c1-13-3-2-10-27-12-19(25-20(13)27)14-4-7-16(8-5-14)24-21(28)26-18-9-6-15(22)11-17(18)23/h2-12H,1H3,(H2,24,26,28). The second-order valence-electron chi connectivity index (χ2n) is 6.33. The van der Waals surface area contributed by atoms with Crippen LogP contribution in [0.4, 0.5) is 25.0 Å². The summed E-state index contributed by atoms with van der Waals surface area (Å²) in [6, 6.07) is 13.4. The van der Waals surface area contributed by atoms with Gasteiger partial charge < -0.3 is 15.0 Å². The number of pyridine rings is 1. The summed E-state index contributed by atoms with van der Waals surface area (Å²) >= 11 is 0. The minimum atomic E-state index is -0.840. The zero-order valence-electron chi connectivity index (χ0n) is 14.9. The van der Waals surface area contributed by atoms with Crippen molar-refractivity contribution in [2.75, 3.05) is 10.6 Å². The molecule has 0 spiro atoms. The zero-order chi connectivity index (χ0) is 19.7. The van der Waals surface area contributed by atoms with Gasteiger partial charge in [-0.15, -0.1) is 0 Å². The molecule has 0 bridgehead atoms. The van der Waals surface area contributed by atoms with Gasteiger partial charge in [-0.05, 0) is 42.8 Å². The Bertz CT molecular complexity index is 1170. The van der Waals surface area contributed by atoms with Crippen LogP contribution in [0.2, 0.25) is 0 Å². The Morgan fingerprint density at radius 1 is 1.04 bits per heavy atom. The number of halogens is 2. The fourth-order valence-corrected chi connectivity index (χ4v) is 2.89. The fourth-order valence-electron chi connectivity index (χ4n) is 2.89. The number of aromatic nitrogens is 2. The highest BCUT2D eigenvalue weighted by Gasteiger charge is 2.09. The van der Waals surface area contributed by atoms with Crippen molar-refractivity contribution in [2.45, 2.75) is 6.92 Å². The first-order valence-electron chi connectivity index (χ1n) is 8.57.